The molecule has 156 valence electrons. The van der Waals surface area contributed by atoms with E-state index in [0.29, 0.717) is 49.4 Å². The van der Waals surface area contributed by atoms with E-state index in [-0.39, 0.29) is 42.5 Å². The molecule has 0 bridgehead atoms. The molecule has 4 N–H and O–H groups in total. The maximum atomic E-state index is 12.1. The highest BCUT2D eigenvalue weighted by Crippen LogP contribution is 2.32. The highest BCUT2D eigenvalue weighted by molar-refractivity contribution is 14.0. The first-order chi connectivity index (χ1) is 12.5. The first-order valence-electron chi connectivity index (χ1n) is 8.75. The number of ether oxygens (including phenoxy) is 1. The predicted molar refractivity (Wildman–Crippen MR) is 118 cm³/mol. The van der Waals surface area contributed by atoms with Crippen LogP contribution in [0.15, 0.2) is 26.7 Å². The van der Waals surface area contributed by atoms with Crippen LogP contribution < -0.4 is 15.4 Å². The van der Waals surface area contributed by atoms with Crippen LogP contribution in [-0.2, 0) is 14.8 Å². The number of sulfonamides is 1. The van der Waals surface area contributed by atoms with Gasteiger partial charge in [-0.05, 0) is 31.2 Å². The zero-order valence-electron chi connectivity index (χ0n) is 15.4. The molecule has 8 nitrogen and oxygen atoms in total. The van der Waals surface area contributed by atoms with Crippen LogP contribution in [0.2, 0.25) is 0 Å². The van der Waals surface area contributed by atoms with Gasteiger partial charge in [0.05, 0.1) is 13.2 Å². The fraction of sp³-hybridized carbons (Fsp3) is 0.688. The van der Waals surface area contributed by atoms with Crippen molar-refractivity contribution in [3.63, 3.8) is 0 Å². The minimum absolute atomic E-state index is 0. The van der Waals surface area contributed by atoms with E-state index in [1.807, 2.05) is 6.92 Å². The van der Waals surface area contributed by atoms with Gasteiger partial charge in [-0.15, -0.1) is 35.3 Å². The van der Waals surface area contributed by atoms with E-state index in [2.05, 4.69) is 20.3 Å². The molecule has 0 aromatic carbocycles. The second-order valence-corrected chi connectivity index (χ2v) is 9.17. The summed E-state index contributed by atoms with van der Waals surface area (Å²) in [7, 11) is -3.45. The quantitative estimate of drug-likeness (QED) is 0.155. The lowest BCUT2D eigenvalue weighted by Crippen LogP contribution is -2.42. The Balaban J connectivity index is 0.00000364. The zero-order chi connectivity index (χ0) is 18.9. The van der Waals surface area contributed by atoms with Gasteiger partial charge in [0.2, 0.25) is 10.0 Å². The Kier molecular flexibility index (Phi) is 11.1. The Morgan fingerprint density at radius 3 is 2.81 bits per heavy atom. The molecule has 0 amide bonds. The third-order valence-corrected chi connectivity index (χ3v) is 7.07. The SMILES string of the molecule is CCNC(=NCC1(CCO)CCOC1)NCCNS(=O)(=O)c1cccs1.I. The Labute approximate surface area is 182 Å². The zero-order valence-corrected chi connectivity index (χ0v) is 19.4. The second-order valence-electron chi connectivity index (χ2n) is 6.23. The maximum absolute atomic E-state index is 12.1. The number of halogens is 1. The van der Waals surface area contributed by atoms with Crippen LogP contribution in [0, 0.1) is 5.41 Å². The van der Waals surface area contributed by atoms with Gasteiger partial charge in [0.25, 0.3) is 0 Å². The van der Waals surface area contributed by atoms with E-state index in [9.17, 15) is 13.5 Å². The first-order valence-corrected chi connectivity index (χ1v) is 11.1. The summed E-state index contributed by atoms with van der Waals surface area (Å²) in [5, 5.41) is 17.3. The molecule has 1 atom stereocenters. The molecule has 2 rings (SSSR count). The lowest BCUT2D eigenvalue weighted by Gasteiger charge is -2.24. The largest absolute Gasteiger partial charge is 0.396 e. The number of aliphatic hydroxyl groups excluding tert-OH is 1. The van der Waals surface area contributed by atoms with Crippen LogP contribution >= 0.6 is 35.3 Å². The summed E-state index contributed by atoms with van der Waals surface area (Å²) in [6, 6.07) is 3.29. The third kappa shape index (κ3) is 7.81. The van der Waals surface area contributed by atoms with Gasteiger partial charge in [-0.2, -0.15) is 0 Å². The second kappa shape index (κ2) is 12.2. The molecule has 1 unspecified atom stereocenters. The molecule has 0 spiro atoms. The molecule has 1 saturated heterocycles. The van der Waals surface area contributed by atoms with E-state index in [0.717, 1.165) is 6.42 Å². The number of guanidine groups is 1. The summed E-state index contributed by atoms with van der Waals surface area (Å²) >= 11 is 1.19. The van der Waals surface area contributed by atoms with Crippen molar-refractivity contribution in [1.29, 1.82) is 0 Å². The van der Waals surface area contributed by atoms with Gasteiger partial charge in [-0.25, -0.2) is 13.1 Å². The molecule has 1 aliphatic rings. The van der Waals surface area contributed by atoms with E-state index < -0.39 is 10.0 Å². The fourth-order valence-corrected chi connectivity index (χ4v) is 4.80. The van der Waals surface area contributed by atoms with E-state index in [1.54, 1.807) is 17.5 Å². The summed E-state index contributed by atoms with van der Waals surface area (Å²) in [6.45, 7) is 5.34. The molecule has 0 saturated carbocycles. The standard InChI is InChI=1S/C16H28N4O4S2.HI/c1-2-17-15(19-12-16(5-9-21)6-10-24-13-16)18-7-8-20-26(22,23)14-4-3-11-25-14;/h3-4,11,20-21H,2,5-10,12-13H2,1H3,(H2,17,18,19);1H. The predicted octanol–water partition coefficient (Wildman–Crippen LogP) is 0.989. The van der Waals surface area contributed by atoms with Crippen LogP contribution in [0.25, 0.3) is 0 Å². The van der Waals surface area contributed by atoms with Crippen molar-refractivity contribution in [2.45, 2.75) is 24.0 Å². The van der Waals surface area contributed by atoms with Gasteiger partial charge in [0, 0.05) is 38.3 Å². The average molecular weight is 532 g/mol. The molecule has 1 aliphatic heterocycles. The van der Waals surface area contributed by atoms with Gasteiger partial charge >= 0.3 is 0 Å². The molecule has 1 aromatic heterocycles. The van der Waals surface area contributed by atoms with E-state index in [4.69, 9.17) is 4.74 Å². The number of nitrogens with zero attached hydrogens (tertiary/aromatic N) is 1. The smallest absolute Gasteiger partial charge is 0.250 e. The Morgan fingerprint density at radius 1 is 1.41 bits per heavy atom. The van der Waals surface area contributed by atoms with Crippen molar-refractivity contribution < 1.29 is 18.3 Å². The fourth-order valence-electron chi connectivity index (χ4n) is 2.73. The van der Waals surface area contributed by atoms with Crippen molar-refractivity contribution in [2.24, 2.45) is 10.4 Å². The lowest BCUT2D eigenvalue weighted by atomic mass is 9.84. The summed E-state index contributed by atoms with van der Waals surface area (Å²) in [4.78, 5) is 4.60. The Bertz CT molecular complexity index is 662. The molecular formula is C16H29IN4O4S2. The normalized spacial score (nSPS) is 20.3. The third-order valence-electron chi connectivity index (χ3n) is 4.21. The number of aliphatic hydroxyl groups is 1. The first kappa shape index (κ1) is 24.6. The highest BCUT2D eigenvalue weighted by Gasteiger charge is 2.34. The van der Waals surface area contributed by atoms with Gasteiger partial charge in [0.1, 0.15) is 4.21 Å². The van der Waals surface area contributed by atoms with Gasteiger partial charge in [-0.1, -0.05) is 6.07 Å². The van der Waals surface area contributed by atoms with Crippen molar-refractivity contribution >= 4 is 51.3 Å². The molecular weight excluding hydrogens is 503 g/mol. The maximum Gasteiger partial charge on any atom is 0.250 e. The summed E-state index contributed by atoms with van der Waals surface area (Å²) in [5.74, 6) is 0.632. The molecule has 0 radical (unpaired) electrons. The number of hydrogen-bond acceptors (Lipinski definition) is 6. The molecule has 1 fully saturated rings. The average Bonchev–Trinajstić information content (AvgIpc) is 3.29. The lowest BCUT2D eigenvalue weighted by molar-refractivity contribution is 0.131. The van der Waals surface area contributed by atoms with Crippen molar-refractivity contribution in [1.82, 2.24) is 15.4 Å². The highest BCUT2D eigenvalue weighted by atomic mass is 127. The molecule has 27 heavy (non-hydrogen) atoms. The Morgan fingerprint density at radius 2 is 2.22 bits per heavy atom. The van der Waals surface area contributed by atoms with Crippen LogP contribution in [0.3, 0.4) is 0 Å². The van der Waals surface area contributed by atoms with Gasteiger partial charge in [0.15, 0.2) is 5.96 Å². The number of hydrogen-bond donors (Lipinski definition) is 4. The molecule has 2 heterocycles. The molecule has 1 aromatic rings. The van der Waals surface area contributed by atoms with Crippen LogP contribution in [-0.4, -0.2) is 65.5 Å². The van der Waals surface area contributed by atoms with Crippen molar-refractivity contribution in [2.75, 3.05) is 46.0 Å². The number of aliphatic imine (C=N–C) groups is 1. The van der Waals surface area contributed by atoms with Crippen LogP contribution in [0.4, 0.5) is 0 Å². The molecule has 11 heteroatoms. The van der Waals surface area contributed by atoms with Gasteiger partial charge < -0.3 is 20.5 Å². The van der Waals surface area contributed by atoms with Crippen LogP contribution in [0.1, 0.15) is 19.8 Å². The number of rotatable bonds is 10. The number of nitrogens with one attached hydrogen (secondary N) is 3. The number of thiophene rings is 1. The summed E-state index contributed by atoms with van der Waals surface area (Å²) < 4.78 is 32.5. The van der Waals surface area contributed by atoms with E-state index >= 15 is 0 Å². The summed E-state index contributed by atoms with van der Waals surface area (Å²) in [5.41, 5.74) is -0.113. The Hall–Kier alpha value is -0.470. The van der Waals surface area contributed by atoms with Gasteiger partial charge in [-0.3, -0.25) is 4.99 Å². The summed E-state index contributed by atoms with van der Waals surface area (Å²) in [6.07, 6.45) is 1.55. The minimum atomic E-state index is -3.45. The van der Waals surface area contributed by atoms with E-state index in [1.165, 1.54) is 11.3 Å². The molecule has 0 aliphatic carbocycles. The minimum Gasteiger partial charge on any atom is -0.396 e. The van der Waals surface area contributed by atoms with Crippen molar-refractivity contribution in [3.8, 4) is 0 Å². The topological polar surface area (TPSA) is 112 Å². The van der Waals surface area contributed by atoms with Crippen LogP contribution in [0.5, 0.6) is 0 Å². The monoisotopic (exact) mass is 532 g/mol. The van der Waals surface area contributed by atoms with Crippen molar-refractivity contribution in [3.05, 3.63) is 17.5 Å².